The summed E-state index contributed by atoms with van der Waals surface area (Å²) in [6, 6.07) is 5.56. The molecule has 0 radical (unpaired) electrons. The lowest BCUT2D eigenvalue weighted by Crippen LogP contribution is -1.92. The summed E-state index contributed by atoms with van der Waals surface area (Å²) in [5.41, 5.74) is 7.28. The quantitative estimate of drug-likeness (QED) is 0.706. The molecule has 0 aliphatic carbocycles. The van der Waals surface area contributed by atoms with Gasteiger partial charge in [-0.1, -0.05) is 0 Å². The van der Waals surface area contributed by atoms with E-state index in [2.05, 4.69) is 9.97 Å². The number of benzene rings is 1. The number of aromatic nitrogens is 2. The molecular weight excluding hydrogens is 178 g/mol. The maximum atomic E-state index is 5.70. The van der Waals surface area contributed by atoms with Crippen molar-refractivity contribution in [3.63, 3.8) is 0 Å². The summed E-state index contributed by atoms with van der Waals surface area (Å²) in [5.74, 6) is 1.47. The number of ether oxygens (including phenoxy) is 1. The number of nitrogens with two attached hydrogens (primary N) is 1. The minimum absolute atomic E-state index is 0.628. The van der Waals surface area contributed by atoms with Gasteiger partial charge in [0.25, 0.3) is 0 Å². The van der Waals surface area contributed by atoms with Crippen LogP contribution in [0.25, 0.3) is 11.4 Å². The molecule has 1 heterocycles. The van der Waals surface area contributed by atoms with Crippen molar-refractivity contribution in [2.45, 2.75) is 0 Å². The highest BCUT2D eigenvalue weighted by Crippen LogP contribution is 2.26. The molecule has 0 bridgehead atoms. The lowest BCUT2D eigenvalue weighted by molar-refractivity contribution is 0.417. The first-order valence-electron chi connectivity index (χ1n) is 4.24. The summed E-state index contributed by atoms with van der Waals surface area (Å²) < 4.78 is 5.12. The molecule has 4 heteroatoms. The fourth-order valence-electron chi connectivity index (χ4n) is 1.28. The number of H-pyrrole nitrogens is 1. The van der Waals surface area contributed by atoms with Gasteiger partial charge < -0.3 is 15.5 Å². The van der Waals surface area contributed by atoms with Gasteiger partial charge in [-0.3, -0.25) is 0 Å². The van der Waals surface area contributed by atoms with E-state index in [4.69, 9.17) is 10.5 Å². The van der Waals surface area contributed by atoms with Crippen molar-refractivity contribution in [1.29, 1.82) is 0 Å². The molecule has 0 amide bonds. The van der Waals surface area contributed by atoms with Crippen LogP contribution in [0.15, 0.2) is 30.6 Å². The van der Waals surface area contributed by atoms with E-state index < -0.39 is 0 Å². The van der Waals surface area contributed by atoms with Crippen LogP contribution in [0.4, 0.5) is 5.69 Å². The Morgan fingerprint density at radius 3 is 2.93 bits per heavy atom. The molecule has 0 fully saturated rings. The number of nitrogens with zero attached hydrogens (tertiary/aromatic N) is 1. The van der Waals surface area contributed by atoms with Crippen molar-refractivity contribution in [1.82, 2.24) is 9.97 Å². The van der Waals surface area contributed by atoms with Gasteiger partial charge in [-0.25, -0.2) is 4.98 Å². The van der Waals surface area contributed by atoms with E-state index in [9.17, 15) is 0 Å². The van der Waals surface area contributed by atoms with Crippen LogP contribution in [0.2, 0.25) is 0 Å². The van der Waals surface area contributed by atoms with Crippen molar-refractivity contribution >= 4 is 5.69 Å². The van der Waals surface area contributed by atoms with Crippen LogP contribution in [-0.2, 0) is 0 Å². The van der Waals surface area contributed by atoms with Crippen molar-refractivity contribution in [2.24, 2.45) is 0 Å². The van der Waals surface area contributed by atoms with Gasteiger partial charge in [0.05, 0.1) is 12.8 Å². The zero-order valence-corrected chi connectivity index (χ0v) is 7.82. The van der Waals surface area contributed by atoms with Gasteiger partial charge in [0.15, 0.2) is 0 Å². The third-order valence-electron chi connectivity index (χ3n) is 2.01. The third-order valence-corrected chi connectivity index (χ3v) is 2.01. The number of imidazole rings is 1. The van der Waals surface area contributed by atoms with Gasteiger partial charge in [-0.2, -0.15) is 0 Å². The summed E-state index contributed by atoms with van der Waals surface area (Å²) in [6.45, 7) is 0. The number of methoxy groups -OCH3 is 1. The molecule has 72 valence electrons. The second kappa shape index (κ2) is 3.41. The number of anilines is 1. The van der Waals surface area contributed by atoms with E-state index in [1.54, 1.807) is 25.6 Å². The number of aromatic amines is 1. The Morgan fingerprint density at radius 1 is 1.43 bits per heavy atom. The monoisotopic (exact) mass is 189 g/mol. The van der Waals surface area contributed by atoms with E-state index in [0.717, 1.165) is 11.4 Å². The number of rotatable bonds is 2. The second-order valence-corrected chi connectivity index (χ2v) is 2.89. The Morgan fingerprint density at radius 2 is 2.29 bits per heavy atom. The highest BCUT2D eigenvalue weighted by atomic mass is 16.5. The van der Waals surface area contributed by atoms with Crippen molar-refractivity contribution < 1.29 is 4.74 Å². The van der Waals surface area contributed by atoms with Crippen molar-refractivity contribution in [2.75, 3.05) is 12.8 Å². The molecule has 14 heavy (non-hydrogen) atoms. The minimum atomic E-state index is 0.628. The van der Waals surface area contributed by atoms with Gasteiger partial charge in [0.1, 0.15) is 11.6 Å². The Hall–Kier alpha value is -1.97. The number of nitrogen functional groups attached to an aromatic ring is 1. The van der Waals surface area contributed by atoms with E-state index in [-0.39, 0.29) is 0 Å². The average Bonchev–Trinajstić information content (AvgIpc) is 2.71. The van der Waals surface area contributed by atoms with E-state index in [1.165, 1.54) is 0 Å². The van der Waals surface area contributed by atoms with Crippen LogP contribution in [0.5, 0.6) is 5.75 Å². The Balaban J connectivity index is 2.46. The molecular formula is C10H11N3O. The molecule has 1 aromatic carbocycles. The molecule has 0 aliphatic rings. The van der Waals surface area contributed by atoms with Crippen LogP contribution < -0.4 is 10.5 Å². The molecule has 4 nitrogen and oxygen atoms in total. The molecule has 0 spiro atoms. The van der Waals surface area contributed by atoms with Crippen LogP contribution in [-0.4, -0.2) is 17.1 Å². The first-order chi connectivity index (χ1) is 6.81. The number of nitrogens with one attached hydrogen (secondary N) is 1. The second-order valence-electron chi connectivity index (χ2n) is 2.89. The smallest absolute Gasteiger partial charge is 0.142 e. The fraction of sp³-hybridized carbons (Fsp3) is 0.100. The highest BCUT2D eigenvalue weighted by molar-refractivity contribution is 5.65. The Labute approximate surface area is 81.7 Å². The predicted octanol–water partition coefficient (Wildman–Crippen LogP) is 1.67. The van der Waals surface area contributed by atoms with E-state index in [1.807, 2.05) is 12.1 Å². The summed E-state index contributed by atoms with van der Waals surface area (Å²) in [5, 5.41) is 0. The first kappa shape index (κ1) is 8.62. The van der Waals surface area contributed by atoms with Crippen molar-refractivity contribution in [3.05, 3.63) is 30.6 Å². The van der Waals surface area contributed by atoms with Gasteiger partial charge in [0, 0.05) is 18.0 Å². The highest BCUT2D eigenvalue weighted by Gasteiger charge is 2.04. The number of hydrogen-bond donors (Lipinski definition) is 2. The molecule has 0 saturated carbocycles. The lowest BCUT2D eigenvalue weighted by Gasteiger charge is -2.05. The molecule has 0 unspecified atom stereocenters. The van der Waals surface area contributed by atoms with E-state index >= 15 is 0 Å². The van der Waals surface area contributed by atoms with Crippen LogP contribution in [0.1, 0.15) is 0 Å². The SMILES string of the molecule is COc1cc(-c2ncc[nH]2)ccc1N. The Kier molecular flexibility index (Phi) is 2.10. The maximum absolute atomic E-state index is 5.70. The molecule has 1 aromatic heterocycles. The largest absolute Gasteiger partial charge is 0.495 e. The standard InChI is InChI=1S/C10H11N3O/c1-14-9-6-7(2-3-8(9)11)10-12-4-5-13-10/h2-6H,11H2,1H3,(H,12,13). The molecule has 0 aliphatic heterocycles. The normalized spacial score (nSPS) is 10.1. The summed E-state index contributed by atoms with van der Waals surface area (Å²) in [4.78, 5) is 7.16. The molecule has 0 saturated heterocycles. The lowest BCUT2D eigenvalue weighted by atomic mass is 10.2. The van der Waals surface area contributed by atoms with Gasteiger partial charge in [0.2, 0.25) is 0 Å². The van der Waals surface area contributed by atoms with E-state index in [0.29, 0.717) is 11.4 Å². The summed E-state index contributed by atoms with van der Waals surface area (Å²) in [6.07, 6.45) is 3.48. The third kappa shape index (κ3) is 1.42. The van der Waals surface area contributed by atoms with Crippen LogP contribution in [0, 0.1) is 0 Å². The number of hydrogen-bond acceptors (Lipinski definition) is 3. The van der Waals surface area contributed by atoms with Gasteiger partial charge in [-0.15, -0.1) is 0 Å². The van der Waals surface area contributed by atoms with Crippen LogP contribution in [0.3, 0.4) is 0 Å². The summed E-state index contributed by atoms with van der Waals surface area (Å²) in [7, 11) is 1.59. The molecule has 2 aromatic rings. The predicted molar refractivity (Wildman–Crippen MR) is 55.0 cm³/mol. The van der Waals surface area contributed by atoms with Gasteiger partial charge in [-0.05, 0) is 18.2 Å². The molecule has 2 rings (SSSR count). The topological polar surface area (TPSA) is 63.9 Å². The maximum Gasteiger partial charge on any atom is 0.142 e. The summed E-state index contributed by atoms with van der Waals surface area (Å²) >= 11 is 0. The van der Waals surface area contributed by atoms with Crippen LogP contribution >= 0.6 is 0 Å². The van der Waals surface area contributed by atoms with Gasteiger partial charge >= 0.3 is 0 Å². The first-order valence-corrected chi connectivity index (χ1v) is 4.24. The zero-order chi connectivity index (χ0) is 9.97. The average molecular weight is 189 g/mol. The molecule has 0 atom stereocenters. The fourth-order valence-corrected chi connectivity index (χ4v) is 1.28. The van der Waals surface area contributed by atoms with Crippen molar-refractivity contribution in [3.8, 4) is 17.1 Å². The molecule has 3 N–H and O–H groups in total. The zero-order valence-electron chi connectivity index (χ0n) is 7.82. The minimum Gasteiger partial charge on any atom is -0.495 e. The Bertz CT molecular complexity index is 423.